The fourth-order valence-electron chi connectivity index (χ4n) is 1.83. The minimum atomic E-state index is -3.80. The van der Waals surface area contributed by atoms with Crippen LogP contribution in [0.5, 0.6) is 5.75 Å². The van der Waals surface area contributed by atoms with Crippen LogP contribution in [-0.2, 0) is 10.0 Å². The van der Waals surface area contributed by atoms with Gasteiger partial charge in [0.1, 0.15) is 17.5 Å². The van der Waals surface area contributed by atoms with Crippen molar-refractivity contribution in [2.24, 2.45) is 0 Å². The number of ether oxygens (including phenoxy) is 1. The minimum absolute atomic E-state index is 0.0193. The highest BCUT2D eigenvalue weighted by Gasteiger charge is 2.24. The quantitative estimate of drug-likeness (QED) is 0.905. The van der Waals surface area contributed by atoms with Crippen LogP contribution in [0.3, 0.4) is 0 Å². The normalized spacial score (nSPS) is 10.9. The first-order valence-corrected chi connectivity index (χ1v) is 7.48. The maximum absolute atomic E-state index is 12.3. The first-order chi connectivity index (χ1) is 9.94. The second-order valence-corrected chi connectivity index (χ2v) is 5.85. The van der Waals surface area contributed by atoms with Gasteiger partial charge in [-0.3, -0.25) is 4.72 Å². The smallest absolute Gasteiger partial charge is 0.267 e. The van der Waals surface area contributed by atoms with Crippen molar-refractivity contribution in [2.75, 3.05) is 11.3 Å². The summed E-state index contributed by atoms with van der Waals surface area (Å²) >= 11 is 0. The molecular weight excluding hydrogens is 294 g/mol. The second kappa shape index (κ2) is 5.85. The molecule has 0 aliphatic carbocycles. The summed E-state index contributed by atoms with van der Waals surface area (Å²) in [6, 6.07) is 8.16. The Morgan fingerprint density at radius 3 is 2.81 bits per heavy atom. The monoisotopic (exact) mass is 307 g/mol. The topological polar surface area (TPSA) is 105 Å². The van der Waals surface area contributed by atoms with Gasteiger partial charge < -0.3 is 9.26 Å². The number of benzene rings is 1. The molecule has 0 spiro atoms. The van der Waals surface area contributed by atoms with Crippen molar-refractivity contribution in [3.8, 4) is 11.8 Å². The molecule has 7 nitrogen and oxygen atoms in total. The third-order valence-corrected chi connectivity index (χ3v) is 4.25. The summed E-state index contributed by atoms with van der Waals surface area (Å²) in [5.74, 6) is 0.618. The molecular formula is C13H13N3O4S. The second-order valence-electron chi connectivity index (χ2n) is 4.23. The van der Waals surface area contributed by atoms with Gasteiger partial charge in [-0.05, 0) is 26.0 Å². The summed E-state index contributed by atoms with van der Waals surface area (Å²) in [6.07, 6.45) is 0. The van der Waals surface area contributed by atoms with Crippen molar-refractivity contribution in [3.05, 3.63) is 35.7 Å². The van der Waals surface area contributed by atoms with Crippen molar-refractivity contribution in [1.82, 2.24) is 5.16 Å². The minimum Gasteiger partial charge on any atom is -0.479 e. The van der Waals surface area contributed by atoms with Gasteiger partial charge in [0.05, 0.1) is 5.69 Å². The number of aryl methyl sites for hydroxylation is 2. The van der Waals surface area contributed by atoms with Gasteiger partial charge in [0.25, 0.3) is 10.0 Å². The van der Waals surface area contributed by atoms with E-state index in [1.807, 2.05) is 6.07 Å². The van der Waals surface area contributed by atoms with Crippen LogP contribution in [0.4, 0.5) is 5.69 Å². The Morgan fingerprint density at radius 2 is 2.19 bits per heavy atom. The molecule has 110 valence electrons. The molecule has 1 N–H and O–H groups in total. The van der Waals surface area contributed by atoms with Crippen molar-refractivity contribution in [3.63, 3.8) is 0 Å². The predicted octanol–water partition coefficient (Wildman–Crippen LogP) is 1.99. The summed E-state index contributed by atoms with van der Waals surface area (Å²) in [7, 11) is -3.80. The van der Waals surface area contributed by atoms with E-state index in [1.165, 1.54) is 13.0 Å². The van der Waals surface area contributed by atoms with E-state index in [0.29, 0.717) is 11.4 Å². The van der Waals surface area contributed by atoms with E-state index >= 15 is 0 Å². The summed E-state index contributed by atoms with van der Waals surface area (Å²) < 4.78 is 37.1. The van der Waals surface area contributed by atoms with E-state index in [-0.39, 0.29) is 23.0 Å². The van der Waals surface area contributed by atoms with Crippen molar-refractivity contribution in [1.29, 1.82) is 5.26 Å². The van der Waals surface area contributed by atoms with Gasteiger partial charge in [-0.25, -0.2) is 8.42 Å². The maximum Gasteiger partial charge on any atom is 0.267 e. The van der Waals surface area contributed by atoms with Crippen LogP contribution in [0.25, 0.3) is 0 Å². The number of rotatable bonds is 5. The van der Waals surface area contributed by atoms with Crippen LogP contribution in [-0.4, -0.2) is 20.2 Å². The van der Waals surface area contributed by atoms with E-state index in [2.05, 4.69) is 9.88 Å². The number of anilines is 1. The first-order valence-electron chi connectivity index (χ1n) is 5.99. The van der Waals surface area contributed by atoms with Crippen LogP contribution >= 0.6 is 0 Å². The van der Waals surface area contributed by atoms with Crippen LogP contribution < -0.4 is 9.46 Å². The van der Waals surface area contributed by atoms with Crippen LogP contribution in [0.15, 0.2) is 33.7 Å². The van der Waals surface area contributed by atoms with Gasteiger partial charge in [-0.2, -0.15) is 5.26 Å². The Bertz CT molecular complexity index is 770. The third kappa shape index (κ3) is 3.32. The van der Waals surface area contributed by atoms with Gasteiger partial charge in [0.15, 0.2) is 17.3 Å². The van der Waals surface area contributed by atoms with Crippen LogP contribution in [0, 0.1) is 25.2 Å². The highest BCUT2D eigenvalue weighted by Crippen LogP contribution is 2.24. The zero-order chi connectivity index (χ0) is 15.5. The molecule has 21 heavy (non-hydrogen) atoms. The van der Waals surface area contributed by atoms with Crippen LogP contribution in [0.2, 0.25) is 0 Å². The molecule has 8 heteroatoms. The van der Waals surface area contributed by atoms with Crippen molar-refractivity contribution < 1.29 is 17.7 Å². The fraction of sp³-hybridized carbons (Fsp3) is 0.231. The average molecular weight is 307 g/mol. The Hall–Kier alpha value is -2.53. The number of sulfonamides is 1. The average Bonchev–Trinajstić information content (AvgIpc) is 2.76. The molecule has 0 aliphatic rings. The summed E-state index contributed by atoms with van der Waals surface area (Å²) in [6.45, 7) is 2.97. The summed E-state index contributed by atoms with van der Waals surface area (Å²) in [5.41, 5.74) is 0.613. The molecule has 0 fully saturated rings. The zero-order valence-corrected chi connectivity index (χ0v) is 12.3. The zero-order valence-electron chi connectivity index (χ0n) is 11.5. The highest BCUT2D eigenvalue weighted by molar-refractivity contribution is 7.92. The Balaban J connectivity index is 2.27. The largest absolute Gasteiger partial charge is 0.479 e. The highest BCUT2D eigenvalue weighted by atomic mass is 32.2. The van der Waals surface area contributed by atoms with Gasteiger partial charge in [-0.15, -0.1) is 0 Å². The Morgan fingerprint density at radius 1 is 1.43 bits per heavy atom. The molecule has 0 atom stereocenters. The maximum atomic E-state index is 12.3. The first kappa shape index (κ1) is 14.9. The number of aromatic nitrogens is 1. The molecule has 0 bridgehead atoms. The fourth-order valence-corrected chi connectivity index (χ4v) is 3.21. The van der Waals surface area contributed by atoms with Gasteiger partial charge >= 0.3 is 0 Å². The molecule has 1 aromatic heterocycles. The molecule has 0 aliphatic heterocycles. The molecule has 0 amide bonds. The summed E-state index contributed by atoms with van der Waals surface area (Å²) in [4.78, 5) is 0.0193. The number of nitriles is 1. The molecule has 0 radical (unpaired) electrons. The Labute approximate surface area is 122 Å². The lowest BCUT2D eigenvalue weighted by Crippen LogP contribution is -2.14. The van der Waals surface area contributed by atoms with Crippen molar-refractivity contribution >= 4 is 15.7 Å². The SMILES string of the molecule is Cc1noc(C)c1S(=O)(=O)Nc1cccc(OCC#N)c1. The lowest BCUT2D eigenvalue weighted by atomic mass is 10.3. The molecule has 1 aromatic carbocycles. The standard InChI is InChI=1S/C13H13N3O4S/c1-9-13(10(2)20-15-9)21(17,18)16-11-4-3-5-12(8-11)19-7-6-14/h3-5,8,16H,7H2,1-2H3. The summed E-state index contributed by atoms with van der Waals surface area (Å²) in [5, 5.41) is 12.1. The van der Waals surface area contributed by atoms with E-state index in [1.54, 1.807) is 25.1 Å². The number of nitrogens with zero attached hydrogens (tertiary/aromatic N) is 2. The molecule has 0 saturated carbocycles. The van der Waals surface area contributed by atoms with Crippen LogP contribution in [0.1, 0.15) is 11.5 Å². The van der Waals surface area contributed by atoms with Crippen molar-refractivity contribution in [2.45, 2.75) is 18.7 Å². The molecule has 0 unspecified atom stereocenters. The molecule has 2 aromatic rings. The number of nitrogens with one attached hydrogen (secondary N) is 1. The lowest BCUT2D eigenvalue weighted by Gasteiger charge is -2.09. The van der Waals surface area contributed by atoms with Gasteiger partial charge in [0, 0.05) is 6.07 Å². The predicted molar refractivity (Wildman–Crippen MR) is 74.3 cm³/mol. The van der Waals surface area contributed by atoms with Gasteiger partial charge in [0.2, 0.25) is 0 Å². The van der Waals surface area contributed by atoms with E-state index in [4.69, 9.17) is 14.5 Å². The van der Waals surface area contributed by atoms with E-state index < -0.39 is 10.0 Å². The van der Waals surface area contributed by atoms with Gasteiger partial charge in [-0.1, -0.05) is 11.2 Å². The van der Waals surface area contributed by atoms with E-state index in [9.17, 15) is 8.42 Å². The third-order valence-electron chi connectivity index (χ3n) is 2.63. The molecule has 0 saturated heterocycles. The number of hydrogen-bond donors (Lipinski definition) is 1. The van der Waals surface area contributed by atoms with E-state index in [0.717, 1.165) is 0 Å². The number of hydrogen-bond acceptors (Lipinski definition) is 6. The molecule has 1 heterocycles. The molecule has 2 rings (SSSR count). The Kier molecular flexibility index (Phi) is 4.14. The lowest BCUT2D eigenvalue weighted by molar-refractivity contribution is 0.368.